The molecule has 0 spiro atoms. The summed E-state index contributed by atoms with van der Waals surface area (Å²) in [4.78, 5) is 15.0. The summed E-state index contributed by atoms with van der Waals surface area (Å²) in [7, 11) is 0. The molecule has 0 saturated carbocycles. The largest absolute Gasteiger partial charge is 0.369 e. The summed E-state index contributed by atoms with van der Waals surface area (Å²) < 4.78 is 0.969. The van der Waals surface area contributed by atoms with Gasteiger partial charge < -0.3 is 16.0 Å². The van der Waals surface area contributed by atoms with Crippen LogP contribution in [0.3, 0.4) is 0 Å². The summed E-state index contributed by atoms with van der Waals surface area (Å²) >= 11 is 3.40. The van der Waals surface area contributed by atoms with E-state index in [4.69, 9.17) is 5.73 Å². The van der Waals surface area contributed by atoms with Crippen LogP contribution in [0.4, 0.5) is 5.69 Å². The highest BCUT2D eigenvalue weighted by Crippen LogP contribution is 2.23. The van der Waals surface area contributed by atoms with Crippen LogP contribution < -0.4 is 16.0 Å². The normalized spacial score (nSPS) is 18.3. The molecule has 0 aliphatic carbocycles. The molecule has 7 heteroatoms. The minimum absolute atomic E-state index is 0. The molecule has 2 aromatic carbocycles. The first kappa shape index (κ1) is 22.8. The summed E-state index contributed by atoms with van der Waals surface area (Å²) in [6.07, 6.45) is 0.928. The van der Waals surface area contributed by atoms with Crippen molar-refractivity contribution in [2.75, 3.05) is 18.0 Å². The molecule has 1 amide bonds. The number of hydrogen-bond donors (Lipinski definition) is 2. The fourth-order valence-electron chi connectivity index (χ4n) is 3.01. The number of nitrogens with one attached hydrogen (secondary N) is 1. The van der Waals surface area contributed by atoms with E-state index in [-0.39, 0.29) is 36.8 Å². The molecule has 4 nitrogen and oxygen atoms in total. The van der Waals surface area contributed by atoms with Crippen LogP contribution in [0.15, 0.2) is 59.1 Å². The molecular formula is C19H24BrCl2N3O. The number of carbonyl (C=O) groups is 1. The molecule has 2 unspecified atom stereocenters. The molecular weight excluding hydrogens is 437 g/mol. The number of rotatable bonds is 4. The topological polar surface area (TPSA) is 58.4 Å². The lowest BCUT2D eigenvalue weighted by molar-refractivity contribution is -0.126. The first-order chi connectivity index (χ1) is 11.5. The van der Waals surface area contributed by atoms with Gasteiger partial charge in [-0.3, -0.25) is 4.79 Å². The molecule has 3 rings (SSSR count). The fourth-order valence-corrected chi connectivity index (χ4v) is 3.28. The first-order valence-corrected chi connectivity index (χ1v) is 8.92. The van der Waals surface area contributed by atoms with Crippen molar-refractivity contribution in [3.05, 3.63) is 64.6 Å². The second-order valence-corrected chi connectivity index (χ2v) is 7.37. The Balaban J connectivity index is 0.00000169. The number of hydrogen-bond acceptors (Lipinski definition) is 3. The molecule has 1 fully saturated rings. The quantitative estimate of drug-likeness (QED) is 0.728. The third-order valence-electron chi connectivity index (χ3n) is 4.56. The Hall–Kier alpha value is -1.27. The van der Waals surface area contributed by atoms with Crippen molar-refractivity contribution >= 4 is 52.3 Å². The smallest absolute Gasteiger partial charge is 0.244 e. The van der Waals surface area contributed by atoms with Gasteiger partial charge >= 0.3 is 0 Å². The molecule has 3 N–H and O–H groups in total. The van der Waals surface area contributed by atoms with E-state index < -0.39 is 5.54 Å². The third-order valence-corrected chi connectivity index (χ3v) is 5.09. The van der Waals surface area contributed by atoms with Gasteiger partial charge in [-0.05, 0) is 43.2 Å². The zero-order chi connectivity index (χ0) is 17.2. The number of para-hydroxylation sites is 1. The molecule has 1 saturated heterocycles. The molecule has 142 valence electrons. The van der Waals surface area contributed by atoms with Crippen LogP contribution in [0.5, 0.6) is 0 Å². The number of carbonyl (C=O) groups excluding carboxylic acids is 1. The molecule has 0 bridgehead atoms. The predicted octanol–water partition coefficient (Wildman–Crippen LogP) is 3.86. The Bertz CT molecular complexity index is 710. The molecule has 1 aliphatic rings. The number of halogens is 3. The van der Waals surface area contributed by atoms with Gasteiger partial charge in [-0.15, -0.1) is 24.8 Å². The third kappa shape index (κ3) is 5.13. The van der Waals surface area contributed by atoms with Crippen molar-refractivity contribution < 1.29 is 4.79 Å². The highest BCUT2D eigenvalue weighted by atomic mass is 79.9. The predicted molar refractivity (Wildman–Crippen MR) is 115 cm³/mol. The van der Waals surface area contributed by atoms with Crippen molar-refractivity contribution in [1.82, 2.24) is 5.32 Å². The van der Waals surface area contributed by atoms with Crippen LogP contribution in [0, 0.1) is 0 Å². The number of nitrogens with zero attached hydrogens (tertiary/aromatic N) is 1. The van der Waals surface area contributed by atoms with Gasteiger partial charge in [0.25, 0.3) is 0 Å². The Labute approximate surface area is 175 Å². The lowest BCUT2D eigenvalue weighted by Gasteiger charge is -2.26. The minimum atomic E-state index is -1.04. The average Bonchev–Trinajstić information content (AvgIpc) is 3.04. The van der Waals surface area contributed by atoms with Crippen LogP contribution in [0.25, 0.3) is 0 Å². The van der Waals surface area contributed by atoms with Crippen LogP contribution >= 0.6 is 40.7 Å². The zero-order valence-electron chi connectivity index (χ0n) is 14.5. The van der Waals surface area contributed by atoms with Gasteiger partial charge in [0.05, 0.1) is 0 Å². The van der Waals surface area contributed by atoms with Crippen molar-refractivity contribution in [3.8, 4) is 0 Å². The van der Waals surface area contributed by atoms with E-state index in [1.165, 1.54) is 5.69 Å². The van der Waals surface area contributed by atoms with E-state index in [0.717, 1.165) is 29.5 Å². The first-order valence-electron chi connectivity index (χ1n) is 8.13. The molecule has 2 aromatic rings. The number of amides is 1. The van der Waals surface area contributed by atoms with Gasteiger partial charge in [-0.1, -0.05) is 46.3 Å². The maximum atomic E-state index is 12.7. The van der Waals surface area contributed by atoms with E-state index in [1.807, 2.05) is 42.5 Å². The van der Waals surface area contributed by atoms with Crippen LogP contribution in [-0.4, -0.2) is 25.0 Å². The molecule has 0 radical (unpaired) electrons. The fraction of sp³-hybridized carbons (Fsp3) is 0.316. The maximum absolute atomic E-state index is 12.7. The van der Waals surface area contributed by atoms with Crippen LogP contribution in [-0.2, 0) is 10.3 Å². The Morgan fingerprint density at radius 3 is 2.38 bits per heavy atom. The van der Waals surface area contributed by atoms with Crippen LogP contribution in [0.1, 0.15) is 18.9 Å². The van der Waals surface area contributed by atoms with E-state index >= 15 is 0 Å². The summed E-state index contributed by atoms with van der Waals surface area (Å²) in [5, 5.41) is 3.11. The van der Waals surface area contributed by atoms with Gasteiger partial charge in [0, 0.05) is 29.3 Å². The zero-order valence-corrected chi connectivity index (χ0v) is 17.7. The lowest BCUT2D eigenvalue weighted by atomic mass is 9.92. The average molecular weight is 461 g/mol. The second-order valence-electron chi connectivity index (χ2n) is 6.45. The summed E-state index contributed by atoms with van der Waals surface area (Å²) in [5.74, 6) is -0.135. The van der Waals surface area contributed by atoms with Gasteiger partial charge in [0.2, 0.25) is 5.91 Å². The Morgan fingerprint density at radius 2 is 1.77 bits per heavy atom. The van der Waals surface area contributed by atoms with Crippen LogP contribution in [0.2, 0.25) is 0 Å². The Morgan fingerprint density at radius 1 is 1.15 bits per heavy atom. The molecule has 1 aliphatic heterocycles. The maximum Gasteiger partial charge on any atom is 0.244 e. The van der Waals surface area contributed by atoms with Gasteiger partial charge in [-0.2, -0.15) is 0 Å². The van der Waals surface area contributed by atoms with Crippen molar-refractivity contribution in [3.63, 3.8) is 0 Å². The van der Waals surface area contributed by atoms with E-state index in [2.05, 4.69) is 38.3 Å². The van der Waals surface area contributed by atoms with E-state index in [1.54, 1.807) is 6.92 Å². The number of nitrogens with two attached hydrogens (primary N) is 1. The molecule has 2 atom stereocenters. The van der Waals surface area contributed by atoms with Crippen molar-refractivity contribution in [1.29, 1.82) is 0 Å². The number of benzene rings is 2. The van der Waals surface area contributed by atoms with Gasteiger partial charge in [-0.25, -0.2) is 0 Å². The highest BCUT2D eigenvalue weighted by Gasteiger charge is 2.33. The van der Waals surface area contributed by atoms with Crippen molar-refractivity contribution in [2.45, 2.75) is 24.9 Å². The minimum Gasteiger partial charge on any atom is -0.369 e. The monoisotopic (exact) mass is 459 g/mol. The highest BCUT2D eigenvalue weighted by molar-refractivity contribution is 9.10. The summed E-state index contributed by atoms with van der Waals surface area (Å²) in [6.45, 7) is 3.51. The van der Waals surface area contributed by atoms with Crippen molar-refractivity contribution in [2.24, 2.45) is 5.73 Å². The standard InChI is InChI=1S/C19H22BrN3O.2ClH/c1-19(21,14-7-9-15(20)10-8-14)18(24)22-16-11-12-23(13-16)17-5-3-2-4-6-17;;/h2-10,16H,11-13,21H2,1H3,(H,22,24);2*1H. The Kier molecular flexibility index (Phi) is 8.41. The van der Waals surface area contributed by atoms with Gasteiger partial charge in [0.1, 0.15) is 5.54 Å². The molecule has 0 aromatic heterocycles. The SMILES string of the molecule is CC(N)(C(=O)NC1CCN(c2ccccc2)C1)c1ccc(Br)cc1.Cl.Cl. The van der Waals surface area contributed by atoms with E-state index in [9.17, 15) is 4.79 Å². The molecule has 1 heterocycles. The second kappa shape index (κ2) is 9.60. The van der Waals surface area contributed by atoms with E-state index in [0.29, 0.717) is 0 Å². The summed E-state index contributed by atoms with van der Waals surface area (Å²) in [5.41, 5.74) is 7.27. The molecule has 26 heavy (non-hydrogen) atoms. The summed E-state index contributed by atoms with van der Waals surface area (Å²) in [6, 6.07) is 18.0. The number of anilines is 1. The lowest BCUT2D eigenvalue weighted by Crippen LogP contribution is -2.52. The van der Waals surface area contributed by atoms with Gasteiger partial charge in [0.15, 0.2) is 0 Å².